The second-order valence-corrected chi connectivity index (χ2v) is 6.10. The van der Waals surface area contributed by atoms with E-state index in [2.05, 4.69) is 25.0 Å². The zero-order valence-electron chi connectivity index (χ0n) is 14.9. The van der Waals surface area contributed by atoms with Gasteiger partial charge in [0.2, 0.25) is 0 Å². The van der Waals surface area contributed by atoms with E-state index in [4.69, 9.17) is 5.73 Å². The third-order valence-corrected chi connectivity index (χ3v) is 4.41. The first-order valence-corrected chi connectivity index (χ1v) is 8.89. The van der Waals surface area contributed by atoms with E-state index in [1.807, 2.05) is 12.3 Å². The number of ether oxygens (including phenoxy) is 1. The summed E-state index contributed by atoms with van der Waals surface area (Å²) >= 11 is 1.41. The summed E-state index contributed by atoms with van der Waals surface area (Å²) in [6.07, 6.45) is 3.92. The Hall–Kier alpha value is -2.82. The van der Waals surface area contributed by atoms with Gasteiger partial charge in [0.1, 0.15) is 0 Å². The minimum absolute atomic E-state index is 0.0934. The maximum absolute atomic E-state index is 12.2. The van der Waals surface area contributed by atoms with Gasteiger partial charge in [-0.05, 0) is 12.5 Å². The molecule has 1 aliphatic rings. The average Bonchev–Trinajstić information content (AvgIpc) is 3.19. The van der Waals surface area contributed by atoms with Gasteiger partial charge in [0.25, 0.3) is 0 Å². The van der Waals surface area contributed by atoms with E-state index in [-0.39, 0.29) is 18.9 Å². The Morgan fingerprint density at radius 1 is 1.59 bits per heavy atom. The highest BCUT2D eigenvalue weighted by molar-refractivity contribution is 7.11. The van der Waals surface area contributed by atoms with Gasteiger partial charge in [-0.25, -0.2) is 14.8 Å². The van der Waals surface area contributed by atoms with Crippen molar-refractivity contribution in [3.63, 3.8) is 0 Å². The van der Waals surface area contributed by atoms with Gasteiger partial charge < -0.3 is 20.7 Å². The van der Waals surface area contributed by atoms with Gasteiger partial charge in [0.05, 0.1) is 20.3 Å². The van der Waals surface area contributed by atoms with Gasteiger partial charge in [-0.2, -0.15) is 8.78 Å². The predicted molar refractivity (Wildman–Crippen MR) is 99.8 cm³/mol. The summed E-state index contributed by atoms with van der Waals surface area (Å²) in [5, 5.41) is 5.13. The van der Waals surface area contributed by atoms with Crippen LogP contribution in [-0.4, -0.2) is 54.9 Å². The third kappa shape index (κ3) is 5.33. The number of thiazole rings is 1. The van der Waals surface area contributed by atoms with Crippen molar-refractivity contribution in [2.45, 2.75) is 19.9 Å². The molecule has 0 bridgehead atoms. The zero-order valence-corrected chi connectivity index (χ0v) is 15.7. The summed E-state index contributed by atoms with van der Waals surface area (Å²) in [6, 6.07) is 0. The van der Waals surface area contributed by atoms with Gasteiger partial charge in [-0.15, -0.1) is 11.3 Å². The molecule has 11 heteroatoms. The number of hydrogen-bond acceptors (Lipinski definition) is 8. The van der Waals surface area contributed by atoms with E-state index in [9.17, 15) is 13.6 Å². The number of alkyl halides is 2. The Labute approximate surface area is 159 Å². The van der Waals surface area contributed by atoms with Crippen molar-refractivity contribution in [1.82, 2.24) is 15.2 Å². The molecule has 0 saturated carbocycles. The van der Waals surface area contributed by atoms with Crippen molar-refractivity contribution < 1.29 is 18.3 Å². The fourth-order valence-corrected chi connectivity index (χ4v) is 3.13. The normalized spacial score (nSPS) is 15.5. The molecule has 0 saturated heterocycles. The third-order valence-electron chi connectivity index (χ3n) is 3.64. The molecule has 3 N–H and O–H groups in total. The number of aliphatic imine (C=N–C) groups is 2. The van der Waals surface area contributed by atoms with Crippen molar-refractivity contribution in [2.24, 2.45) is 15.7 Å². The molecule has 0 atom stereocenters. The number of nitrogens with one attached hydrogen (secondary N) is 1. The first-order chi connectivity index (χ1) is 13.0. The van der Waals surface area contributed by atoms with Crippen LogP contribution in [0.25, 0.3) is 0 Å². The number of allylic oxidation sites excluding steroid dienone is 2. The Bertz CT molecular complexity index is 774. The van der Waals surface area contributed by atoms with Crippen molar-refractivity contribution in [2.75, 3.05) is 20.3 Å². The number of methoxy groups -OCH3 is 1. The number of alkyl carbamates (subject to hydrolysis) is 1. The van der Waals surface area contributed by atoms with Crippen LogP contribution in [0.4, 0.5) is 13.6 Å². The summed E-state index contributed by atoms with van der Waals surface area (Å²) in [5.41, 5.74) is 7.80. The van der Waals surface area contributed by atoms with Crippen LogP contribution in [0.3, 0.4) is 0 Å². The van der Waals surface area contributed by atoms with Crippen LogP contribution in [-0.2, 0) is 4.74 Å². The summed E-state index contributed by atoms with van der Waals surface area (Å²) in [5.74, 6) is 0.594. The molecule has 0 aliphatic carbocycles. The highest BCUT2D eigenvalue weighted by Crippen LogP contribution is 2.26. The lowest BCUT2D eigenvalue weighted by atomic mass is 10.1. The molecule has 146 valence electrons. The van der Waals surface area contributed by atoms with Crippen molar-refractivity contribution >= 4 is 29.5 Å². The van der Waals surface area contributed by atoms with Gasteiger partial charge in [0.15, 0.2) is 10.8 Å². The number of halogens is 2. The Morgan fingerprint density at radius 3 is 2.96 bits per heavy atom. The molecule has 0 fully saturated rings. The molecule has 2 heterocycles. The van der Waals surface area contributed by atoms with Crippen LogP contribution in [0.1, 0.15) is 18.4 Å². The molecule has 0 radical (unpaired) electrons. The van der Waals surface area contributed by atoms with Gasteiger partial charge in [-0.1, -0.05) is 6.92 Å². The fraction of sp³-hybridized carbons (Fsp3) is 0.375. The lowest BCUT2D eigenvalue weighted by Gasteiger charge is -2.32. The molecular weight excluding hydrogens is 378 g/mol. The summed E-state index contributed by atoms with van der Waals surface area (Å²) in [6.45, 7) is -0.519. The van der Waals surface area contributed by atoms with E-state index in [1.165, 1.54) is 24.5 Å². The first-order valence-electron chi connectivity index (χ1n) is 8.01. The fourth-order valence-electron chi connectivity index (χ4n) is 2.48. The van der Waals surface area contributed by atoms with Crippen LogP contribution < -0.4 is 11.1 Å². The number of rotatable bonds is 7. The smallest absolute Gasteiger partial charge is 0.408 e. The molecular formula is C16H20F2N6O2S. The summed E-state index contributed by atoms with van der Waals surface area (Å²) in [7, 11) is 1.27. The lowest BCUT2D eigenvalue weighted by Crippen LogP contribution is -2.43. The molecule has 1 amide bonds. The van der Waals surface area contributed by atoms with E-state index < -0.39 is 12.6 Å². The molecule has 1 aromatic heterocycles. The van der Waals surface area contributed by atoms with Crippen LogP contribution in [0.5, 0.6) is 0 Å². The molecule has 8 nitrogen and oxygen atoms in total. The second-order valence-electron chi connectivity index (χ2n) is 5.21. The number of nitrogens with two attached hydrogens (primary N) is 1. The second kappa shape index (κ2) is 9.76. The molecule has 2 rings (SSSR count). The zero-order chi connectivity index (χ0) is 19.8. The monoisotopic (exact) mass is 398 g/mol. The number of amides is 1. The van der Waals surface area contributed by atoms with Crippen LogP contribution in [0, 0.1) is 0 Å². The summed E-state index contributed by atoms with van der Waals surface area (Å²) < 4.78 is 29.0. The molecule has 0 spiro atoms. The van der Waals surface area contributed by atoms with E-state index >= 15 is 0 Å². The van der Waals surface area contributed by atoms with Gasteiger partial charge in [0, 0.05) is 34.8 Å². The SMILES string of the molecule is CCC1=C(C(N)=CC=NC(F)F)CN=C(c2nccs2)N1CNC(=O)OC. The molecule has 1 aromatic rings. The maximum Gasteiger partial charge on any atom is 0.408 e. The number of carbonyl (C=O) groups is 1. The Balaban J connectivity index is 2.37. The topological polar surface area (TPSA) is 105 Å². The maximum atomic E-state index is 12.2. The first kappa shape index (κ1) is 20.5. The van der Waals surface area contributed by atoms with E-state index in [0.717, 1.165) is 11.9 Å². The summed E-state index contributed by atoms with van der Waals surface area (Å²) in [4.78, 5) is 25.1. The number of aromatic nitrogens is 1. The van der Waals surface area contributed by atoms with Crippen LogP contribution in [0.2, 0.25) is 0 Å². The molecule has 0 aromatic carbocycles. The minimum Gasteiger partial charge on any atom is -0.453 e. The number of carbonyl (C=O) groups excluding carboxylic acids is 1. The Morgan fingerprint density at radius 2 is 2.37 bits per heavy atom. The number of amidine groups is 1. The largest absolute Gasteiger partial charge is 0.453 e. The Kier molecular flexibility index (Phi) is 7.41. The van der Waals surface area contributed by atoms with E-state index in [0.29, 0.717) is 22.8 Å². The van der Waals surface area contributed by atoms with Crippen LogP contribution >= 0.6 is 11.3 Å². The standard InChI is InChI=1S/C16H20F2N6O2S/c1-3-12-10(11(19)4-5-21-15(17)18)8-22-13(14-20-6-7-27-14)24(12)9-23-16(25)26-2/h4-7,15H,3,8-9,19H2,1-2H3,(H,23,25). The van der Waals surface area contributed by atoms with E-state index in [1.54, 1.807) is 11.1 Å². The van der Waals surface area contributed by atoms with Gasteiger partial charge >= 0.3 is 12.6 Å². The molecule has 1 aliphatic heterocycles. The lowest BCUT2D eigenvalue weighted by molar-refractivity contribution is 0.160. The van der Waals surface area contributed by atoms with Crippen molar-refractivity contribution in [3.05, 3.63) is 39.6 Å². The highest BCUT2D eigenvalue weighted by atomic mass is 32.1. The van der Waals surface area contributed by atoms with Crippen LogP contribution in [0.15, 0.2) is 44.6 Å². The quantitative estimate of drug-likeness (QED) is 0.542. The van der Waals surface area contributed by atoms with Crippen molar-refractivity contribution in [3.8, 4) is 0 Å². The van der Waals surface area contributed by atoms with Crippen molar-refractivity contribution in [1.29, 1.82) is 0 Å². The minimum atomic E-state index is -2.80. The number of nitrogens with zero attached hydrogens (tertiary/aromatic N) is 4. The number of hydrogen-bond donors (Lipinski definition) is 2. The van der Waals surface area contributed by atoms with Gasteiger partial charge in [-0.3, -0.25) is 4.99 Å². The average molecular weight is 398 g/mol. The highest BCUT2D eigenvalue weighted by Gasteiger charge is 2.26. The predicted octanol–water partition coefficient (Wildman–Crippen LogP) is 2.32. The molecule has 0 unspecified atom stereocenters. The molecule has 27 heavy (non-hydrogen) atoms.